The van der Waals surface area contributed by atoms with Crippen LogP contribution in [0.1, 0.15) is 11.1 Å². The van der Waals surface area contributed by atoms with E-state index in [4.69, 9.17) is 5.73 Å². The third-order valence-electron chi connectivity index (χ3n) is 3.15. The van der Waals surface area contributed by atoms with Crippen LogP contribution in [-0.4, -0.2) is 15.0 Å². The van der Waals surface area contributed by atoms with E-state index in [2.05, 4.69) is 34.0 Å². The monoisotopic (exact) mass is 238 g/mol. The third kappa shape index (κ3) is 1.67. The van der Waals surface area contributed by atoms with Crippen LogP contribution in [0.2, 0.25) is 0 Å². The van der Waals surface area contributed by atoms with Gasteiger partial charge in [-0.3, -0.25) is 0 Å². The zero-order valence-corrected chi connectivity index (χ0v) is 10.1. The van der Waals surface area contributed by atoms with Gasteiger partial charge in [0.15, 0.2) is 5.82 Å². The predicted octanol–water partition coefficient (Wildman–Crippen LogP) is 2.39. The highest BCUT2D eigenvalue weighted by Crippen LogP contribution is 2.27. The van der Waals surface area contributed by atoms with E-state index in [0.29, 0.717) is 6.54 Å². The molecule has 4 nitrogen and oxygen atoms in total. The molecule has 0 bridgehead atoms. The molecule has 0 saturated heterocycles. The Morgan fingerprint density at radius 2 is 2.00 bits per heavy atom. The number of nitrogens with zero attached hydrogens (tertiary/aromatic N) is 2. The van der Waals surface area contributed by atoms with Crippen molar-refractivity contribution in [2.24, 2.45) is 5.73 Å². The Morgan fingerprint density at radius 1 is 1.22 bits per heavy atom. The Bertz CT molecular complexity index is 686. The average Bonchev–Trinajstić information content (AvgIpc) is 2.77. The summed E-state index contributed by atoms with van der Waals surface area (Å²) in [7, 11) is 0. The van der Waals surface area contributed by atoms with Crippen LogP contribution in [0.3, 0.4) is 0 Å². The number of nitrogens with two attached hydrogens (primary N) is 1. The highest BCUT2D eigenvalue weighted by molar-refractivity contribution is 5.89. The highest BCUT2D eigenvalue weighted by Gasteiger charge is 2.11. The molecule has 4 heteroatoms. The predicted molar refractivity (Wildman–Crippen MR) is 72.0 cm³/mol. The van der Waals surface area contributed by atoms with Crippen molar-refractivity contribution < 1.29 is 0 Å². The number of nitrogens with one attached hydrogen (secondary N) is 1. The highest BCUT2D eigenvalue weighted by atomic mass is 14.9. The number of aromatic amines is 1. The maximum atomic E-state index is 5.67. The van der Waals surface area contributed by atoms with Gasteiger partial charge in [0.2, 0.25) is 0 Å². The van der Waals surface area contributed by atoms with Gasteiger partial charge in [-0.05, 0) is 36.2 Å². The van der Waals surface area contributed by atoms with Gasteiger partial charge in [-0.1, -0.05) is 6.07 Å². The SMILES string of the molecule is Cc1c(-c2ncccn2)[nH]c2ccc(CN)cc12. The summed E-state index contributed by atoms with van der Waals surface area (Å²) in [5.41, 5.74) is 10.0. The Labute approximate surface area is 105 Å². The van der Waals surface area contributed by atoms with Gasteiger partial charge < -0.3 is 10.7 Å². The van der Waals surface area contributed by atoms with E-state index in [9.17, 15) is 0 Å². The second kappa shape index (κ2) is 4.23. The van der Waals surface area contributed by atoms with Crippen LogP contribution in [0.4, 0.5) is 0 Å². The fourth-order valence-corrected chi connectivity index (χ4v) is 2.15. The second-order valence-electron chi connectivity index (χ2n) is 4.28. The standard InChI is InChI=1S/C14H14N4/c1-9-11-7-10(8-15)3-4-12(11)18-13(9)14-16-5-2-6-17-14/h2-7,18H,8,15H2,1H3. The second-order valence-corrected chi connectivity index (χ2v) is 4.28. The van der Waals surface area contributed by atoms with Gasteiger partial charge in [0.25, 0.3) is 0 Å². The fraction of sp³-hybridized carbons (Fsp3) is 0.143. The number of aryl methyl sites for hydroxylation is 1. The van der Waals surface area contributed by atoms with Crippen LogP contribution >= 0.6 is 0 Å². The Morgan fingerprint density at radius 3 is 2.72 bits per heavy atom. The van der Waals surface area contributed by atoms with Crippen LogP contribution < -0.4 is 5.73 Å². The van der Waals surface area contributed by atoms with E-state index in [0.717, 1.165) is 28.2 Å². The molecule has 90 valence electrons. The molecule has 0 atom stereocenters. The molecule has 3 N–H and O–H groups in total. The summed E-state index contributed by atoms with van der Waals surface area (Å²) >= 11 is 0. The Balaban J connectivity index is 2.23. The largest absolute Gasteiger partial charge is 0.352 e. The van der Waals surface area contributed by atoms with Crippen molar-refractivity contribution in [1.29, 1.82) is 0 Å². The van der Waals surface area contributed by atoms with Crippen molar-refractivity contribution in [1.82, 2.24) is 15.0 Å². The molecule has 0 aliphatic carbocycles. The number of H-pyrrole nitrogens is 1. The number of hydrogen-bond acceptors (Lipinski definition) is 3. The molecule has 0 saturated carbocycles. The fourth-order valence-electron chi connectivity index (χ4n) is 2.15. The lowest BCUT2D eigenvalue weighted by atomic mass is 10.1. The first-order chi connectivity index (χ1) is 8.79. The van der Waals surface area contributed by atoms with Gasteiger partial charge in [-0.2, -0.15) is 0 Å². The molecule has 0 unspecified atom stereocenters. The zero-order valence-electron chi connectivity index (χ0n) is 10.1. The summed E-state index contributed by atoms with van der Waals surface area (Å²) in [6.45, 7) is 2.63. The van der Waals surface area contributed by atoms with Crippen LogP contribution in [-0.2, 0) is 6.54 Å². The molecular weight excluding hydrogens is 224 g/mol. The molecule has 2 aromatic heterocycles. The first kappa shape index (κ1) is 10.9. The smallest absolute Gasteiger partial charge is 0.176 e. The number of aromatic nitrogens is 3. The summed E-state index contributed by atoms with van der Waals surface area (Å²) in [6, 6.07) is 8.02. The molecule has 0 radical (unpaired) electrons. The summed E-state index contributed by atoms with van der Waals surface area (Å²) in [4.78, 5) is 11.9. The van der Waals surface area contributed by atoms with E-state index >= 15 is 0 Å². The van der Waals surface area contributed by atoms with Gasteiger partial charge in [-0.15, -0.1) is 0 Å². The summed E-state index contributed by atoms with van der Waals surface area (Å²) in [5, 5.41) is 1.18. The van der Waals surface area contributed by atoms with E-state index < -0.39 is 0 Å². The topological polar surface area (TPSA) is 67.6 Å². The Kier molecular flexibility index (Phi) is 2.57. The lowest BCUT2D eigenvalue weighted by Gasteiger charge is -1.98. The first-order valence-corrected chi connectivity index (χ1v) is 5.88. The van der Waals surface area contributed by atoms with Crippen molar-refractivity contribution in [2.45, 2.75) is 13.5 Å². The van der Waals surface area contributed by atoms with Crippen molar-refractivity contribution in [3.63, 3.8) is 0 Å². The Hall–Kier alpha value is -2.20. The van der Waals surface area contributed by atoms with Crippen molar-refractivity contribution in [2.75, 3.05) is 0 Å². The van der Waals surface area contributed by atoms with E-state index in [1.165, 1.54) is 5.39 Å². The zero-order chi connectivity index (χ0) is 12.5. The molecule has 0 amide bonds. The lowest BCUT2D eigenvalue weighted by Crippen LogP contribution is -1.95. The van der Waals surface area contributed by atoms with Crippen LogP contribution in [0.5, 0.6) is 0 Å². The average molecular weight is 238 g/mol. The molecule has 18 heavy (non-hydrogen) atoms. The minimum Gasteiger partial charge on any atom is -0.352 e. The molecule has 3 rings (SSSR count). The molecule has 0 aliphatic heterocycles. The summed E-state index contributed by atoms with van der Waals surface area (Å²) < 4.78 is 0. The van der Waals surface area contributed by atoms with Crippen LogP contribution in [0, 0.1) is 6.92 Å². The van der Waals surface area contributed by atoms with Gasteiger partial charge in [-0.25, -0.2) is 9.97 Å². The van der Waals surface area contributed by atoms with Gasteiger partial charge in [0.05, 0.1) is 5.69 Å². The van der Waals surface area contributed by atoms with Gasteiger partial charge in [0.1, 0.15) is 0 Å². The molecule has 0 fully saturated rings. The van der Waals surface area contributed by atoms with Crippen molar-refractivity contribution >= 4 is 10.9 Å². The van der Waals surface area contributed by atoms with Crippen molar-refractivity contribution in [3.05, 3.63) is 47.8 Å². The van der Waals surface area contributed by atoms with Crippen LogP contribution in [0.15, 0.2) is 36.7 Å². The third-order valence-corrected chi connectivity index (χ3v) is 3.15. The quantitative estimate of drug-likeness (QED) is 0.720. The normalized spacial score (nSPS) is 11.0. The minimum atomic E-state index is 0.553. The first-order valence-electron chi connectivity index (χ1n) is 5.88. The van der Waals surface area contributed by atoms with Gasteiger partial charge in [0, 0.05) is 29.8 Å². The number of fused-ring (bicyclic) bond motifs is 1. The number of benzene rings is 1. The summed E-state index contributed by atoms with van der Waals surface area (Å²) in [6.07, 6.45) is 3.50. The summed E-state index contributed by atoms with van der Waals surface area (Å²) in [5.74, 6) is 0.723. The van der Waals surface area contributed by atoms with E-state index in [1.54, 1.807) is 12.4 Å². The molecule has 1 aromatic carbocycles. The number of rotatable bonds is 2. The van der Waals surface area contributed by atoms with E-state index in [1.807, 2.05) is 12.1 Å². The van der Waals surface area contributed by atoms with Crippen molar-refractivity contribution in [3.8, 4) is 11.5 Å². The lowest BCUT2D eigenvalue weighted by molar-refractivity contribution is 1.08. The maximum absolute atomic E-state index is 5.67. The number of hydrogen-bond donors (Lipinski definition) is 2. The maximum Gasteiger partial charge on any atom is 0.176 e. The molecule has 0 aliphatic rings. The van der Waals surface area contributed by atoms with Gasteiger partial charge >= 0.3 is 0 Å². The molecular formula is C14H14N4. The minimum absolute atomic E-state index is 0.553. The van der Waals surface area contributed by atoms with Crippen LogP contribution in [0.25, 0.3) is 22.4 Å². The van der Waals surface area contributed by atoms with E-state index in [-0.39, 0.29) is 0 Å². The molecule has 2 heterocycles. The molecule has 0 spiro atoms. The molecule has 3 aromatic rings.